The van der Waals surface area contributed by atoms with Crippen LogP contribution in [0.15, 0.2) is 6.20 Å². The van der Waals surface area contributed by atoms with E-state index in [4.69, 9.17) is 0 Å². The van der Waals surface area contributed by atoms with Crippen molar-refractivity contribution in [3.8, 4) is 0 Å². The smallest absolute Gasteiger partial charge is 0.203 e. The van der Waals surface area contributed by atoms with Crippen LogP contribution in [0.1, 0.15) is 58.6 Å². The molecule has 2 rings (SSSR count). The Balaban J connectivity index is 1.95. The molecule has 0 spiro atoms. The number of aromatic nitrogens is 2. The van der Waals surface area contributed by atoms with Crippen LogP contribution in [-0.4, -0.2) is 15.6 Å². The Morgan fingerprint density at radius 2 is 1.89 bits per heavy atom. The highest BCUT2D eigenvalue weighted by Crippen LogP contribution is 2.32. The van der Waals surface area contributed by atoms with E-state index in [1.165, 1.54) is 32.1 Å². The van der Waals surface area contributed by atoms with Crippen molar-refractivity contribution in [2.45, 2.75) is 72.4 Å². The molecular weight excluding hydrogens is 234 g/mol. The average molecular weight is 263 g/mol. The van der Waals surface area contributed by atoms with Crippen molar-refractivity contribution in [2.75, 3.05) is 5.32 Å². The maximum absolute atomic E-state index is 4.60. The van der Waals surface area contributed by atoms with Gasteiger partial charge in [0, 0.05) is 18.8 Å². The summed E-state index contributed by atoms with van der Waals surface area (Å²) in [6.45, 7) is 9.87. The first-order chi connectivity index (χ1) is 9.08. The van der Waals surface area contributed by atoms with Crippen molar-refractivity contribution in [1.82, 2.24) is 9.55 Å². The lowest BCUT2D eigenvalue weighted by molar-refractivity contribution is 0.248. The van der Waals surface area contributed by atoms with Gasteiger partial charge in [-0.05, 0) is 45.4 Å². The number of hydrogen-bond acceptors (Lipinski definition) is 2. The third-order valence-corrected chi connectivity index (χ3v) is 4.31. The predicted octanol–water partition coefficient (Wildman–Crippen LogP) is 4.23. The van der Waals surface area contributed by atoms with Gasteiger partial charge in [0.05, 0.1) is 5.69 Å². The number of nitrogens with one attached hydrogen (secondary N) is 1. The topological polar surface area (TPSA) is 29.9 Å². The Kier molecular flexibility index (Phi) is 4.89. The second-order valence-corrected chi connectivity index (χ2v) is 6.45. The summed E-state index contributed by atoms with van der Waals surface area (Å²) in [6, 6.07) is 0.441. The van der Waals surface area contributed by atoms with Crippen molar-refractivity contribution in [2.24, 2.45) is 11.8 Å². The molecule has 0 unspecified atom stereocenters. The summed E-state index contributed by atoms with van der Waals surface area (Å²) < 4.78 is 2.33. The van der Waals surface area contributed by atoms with E-state index in [0.29, 0.717) is 6.04 Å². The van der Waals surface area contributed by atoms with Crippen molar-refractivity contribution < 1.29 is 0 Å². The van der Waals surface area contributed by atoms with Crippen molar-refractivity contribution >= 4 is 5.95 Å². The molecule has 0 radical (unpaired) electrons. The monoisotopic (exact) mass is 263 g/mol. The third kappa shape index (κ3) is 3.99. The maximum Gasteiger partial charge on any atom is 0.203 e. The number of imidazole rings is 1. The van der Waals surface area contributed by atoms with E-state index in [-0.39, 0.29) is 0 Å². The highest BCUT2D eigenvalue weighted by molar-refractivity contribution is 5.29. The van der Waals surface area contributed by atoms with Gasteiger partial charge in [-0.3, -0.25) is 0 Å². The molecule has 0 aromatic carbocycles. The first kappa shape index (κ1) is 14.4. The molecule has 3 heteroatoms. The minimum Gasteiger partial charge on any atom is -0.353 e. The van der Waals surface area contributed by atoms with E-state index in [2.05, 4.69) is 48.8 Å². The summed E-state index contributed by atoms with van der Waals surface area (Å²) in [7, 11) is 0. The number of hydrogen-bond donors (Lipinski definition) is 1. The molecule has 0 amide bonds. The zero-order chi connectivity index (χ0) is 13.8. The zero-order valence-electron chi connectivity index (χ0n) is 12.9. The second kappa shape index (κ2) is 6.44. The van der Waals surface area contributed by atoms with Crippen LogP contribution in [-0.2, 0) is 6.54 Å². The summed E-state index contributed by atoms with van der Waals surface area (Å²) >= 11 is 0. The summed E-state index contributed by atoms with van der Waals surface area (Å²) in [6.07, 6.45) is 9.16. The lowest BCUT2D eigenvalue weighted by Crippen LogP contribution is -2.21. The number of rotatable bonds is 5. The van der Waals surface area contributed by atoms with Gasteiger partial charge in [-0.2, -0.15) is 0 Å². The predicted molar refractivity (Wildman–Crippen MR) is 81.5 cm³/mol. The first-order valence-corrected chi connectivity index (χ1v) is 7.88. The Hall–Kier alpha value is -0.990. The van der Waals surface area contributed by atoms with Crippen LogP contribution in [0.4, 0.5) is 5.95 Å². The van der Waals surface area contributed by atoms with Gasteiger partial charge in [-0.25, -0.2) is 4.98 Å². The minimum absolute atomic E-state index is 0.441. The fourth-order valence-electron chi connectivity index (χ4n) is 3.16. The van der Waals surface area contributed by atoms with Crippen molar-refractivity contribution in [3.05, 3.63) is 11.9 Å². The Labute approximate surface area is 117 Å². The fraction of sp³-hybridized carbons (Fsp3) is 0.812. The lowest BCUT2D eigenvalue weighted by atomic mass is 9.81. The van der Waals surface area contributed by atoms with Gasteiger partial charge < -0.3 is 9.88 Å². The van der Waals surface area contributed by atoms with Crippen molar-refractivity contribution in [1.29, 1.82) is 0 Å². The van der Waals surface area contributed by atoms with E-state index in [1.807, 2.05) is 0 Å². The van der Waals surface area contributed by atoms with E-state index in [9.17, 15) is 0 Å². The molecule has 1 aliphatic rings. The molecule has 1 aromatic rings. The van der Waals surface area contributed by atoms with Gasteiger partial charge in [-0.1, -0.05) is 26.2 Å². The van der Waals surface area contributed by atoms with E-state index in [1.54, 1.807) is 0 Å². The van der Waals surface area contributed by atoms with Crippen LogP contribution >= 0.6 is 0 Å². The average Bonchev–Trinajstić information content (AvgIpc) is 2.69. The summed E-state index contributed by atoms with van der Waals surface area (Å²) in [5.74, 6) is 2.86. The molecule has 1 heterocycles. The molecule has 108 valence electrons. The van der Waals surface area contributed by atoms with Crippen LogP contribution in [0.5, 0.6) is 0 Å². The molecule has 0 saturated heterocycles. The Morgan fingerprint density at radius 3 is 2.47 bits per heavy atom. The first-order valence-electron chi connectivity index (χ1n) is 7.88. The van der Waals surface area contributed by atoms with Gasteiger partial charge >= 0.3 is 0 Å². The van der Waals surface area contributed by atoms with Gasteiger partial charge in [0.2, 0.25) is 5.95 Å². The number of nitrogens with zero attached hydrogens (tertiary/aromatic N) is 2. The molecule has 3 nitrogen and oxygen atoms in total. The Morgan fingerprint density at radius 1 is 1.26 bits per heavy atom. The van der Waals surface area contributed by atoms with Crippen LogP contribution in [0.3, 0.4) is 0 Å². The standard InChI is InChI=1S/C16H29N3/c1-5-14-6-8-15(9-7-14)11-19-10-13(4)18-16(19)17-12(2)3/h10,12,14-15H,5-9,11H2,1-4H3,(H,17,18). The van der Waals surface area contributed by atoms with Crippen LogP contribution in [0.25, 0.3) is 0 Å². The molecule has 1 aliphatic carbocycles. The maximum atomic E-state index is 4.60. The zero-order valence-corrected chi connectivity index (χ0v) is 12.9. The normalized spacial score (nSPS) is 23.8. The molecule has 1 N–H and O–H groups in total. The quantitative estimate of drug-likeness (QED) is 0.861. The molecule has 0 atom stereocenters. The van der Waals surface area contributed by atoms with E-state index < -0.39 is 0 Å². The highest BCUT2D eigenvalue weighted by Gasteiger charge is 2.21. The van der Waals surface area contributed by atoms with Gasteiger partial charge in [0.15, 0.2) is 0 Å². The van der Waals surface area contributed by atoms with Gasteiger partial charge in [-0.15, -0.1) is 0 Å². The van der Waals surface area contributed by atoms with Gasteiger partial charge in [0.25, 0.3) is 0 Å². The molecular formula is C16H29N3. The highest BCUT2D eigenvalue weighted by atomic mass is 15.2. The molecule has 19 heavy (non-hydrogen) atoms. The molecule has 0 bridgehead atoms. The molecule has 1 fully saturated rings. The minimum atomic E-state index is 0.441. The molecule has 1 saturated carbocycles. The number of aryl methyl sites for hydroxylation is 1. The largest absolute Gasteiger partial charge is 0.353 e. The van der Waals surface area contributed by atoms with Crippen LogP contribution in [0.2, 0.25) is 0 Å². The summed E-state index contributed by atoms with van der Waals surface area (Å²) in [4.78, 5) is 4.60. The fourth-order valence-corrected chi connectivity index (χ4v) is 3.16. The second-order valence-electron chi connectivity index (χ2n) is 6.45. The Bertz CT molecular complexity index is 387. The van der Waals surface area contributed by atoms with Crippen LogP contribution < -0.4 is 5.32 Å². The third-order valence-electron chi connectivity index (χ3n) is 4.31. The summed E-state index contributed by atoms with van der Waals surface area (Å²) in [5, 5.41) is 3.46. The van der Waals surface area contributed by atoms with Crippen molar-refractivity contribution in [3.63, 3.8) is 0 Å². The van der Waals surface area contributed by atoms with Gasteiger partial charge in [0.1, 0.15) is 0 Å². The number of anilines is 1. The molecule has 1 aromatic heterocycles. The summed E-state index contributed by atoms with van der Waals surface area (Å²) in [5.41, 5.74) is 1.12. The van der Waals surface area contributed by atoms with E-state index >= 15 is 0 Å². The molecule has 0 aliphatic heterocycles. The van der Waals surface area contributed by atoms with Crippen LogP contribution in [0, 0.1) is 18.8 Å². The lowest BCUT2D eigenvalue weighted by Gasteiger charge is -2.28. The SMILES string of the molecule is CCC1CCC(Cn2cc(C)nc2NC(C)C)CC1. The van der Waals surface area contributed by atoms with E-state index in [0.717, 1.165) is 30.0 Å².